The van der Waals surface area contributed by atoms with Crippen molar-refractivity contribution in [3.8, 4) is 0 Å². The van der Waals surface area contributed by atoms with Crippen LogP contribution >= 0.6 is 0 Å². The largest absolute Gasteiger partial charge is 0.480 e. The molecule has 29 heavy (non-hydrogen) atoms. The Morgan fingerprint density at radius 2 is 1.93 bits per heavy atom. The summed E-state index contributed by atoms with van der Waals surface area (Å²) < 4.78 is 10.7. The highest BCUT2D eigenvalue weighted by atomic mass is 16.6. The molecule has 2 N–H and O–H groups in total. The van der Waals surface area contributed by atoms with Crippen molar-refractivity contribution in [1.82, 2.24) is 5.32 Å². The lowest BCUT2D eigenvalue weighted by Crippen LogP contribution is -2.44. The van der Waals surface area contributed by atoms with Crippen LogP contribution in [0.2, 0.25) is 0 Å². The van der Waals surface area contributed by atoms with Crippen molar-refractivity contribution in [2.24, 2.45) is 0 Å². The molecule has 1 heterocycles. The van der Waals surface area contributed by atoms with Gasteiger partial charge in [-0.2, -0.15) is 0 Å². The van der Waals surface area contributed by atoms with Crippen LogP contribution in [0.4, 0.5) is 10.5 Å². The Morgan fingerprint density at radius 1 is 1.28 bits per heavy atom. The van der Waals surface area contributed by atoms with Crippen LogP contribution in [0.3, 0.4) is 0 Å². The second kappa shape index (κ2) is 9.96. The molecular weight excluding hydrogens is 372 g/mol. The Morgan fingerprint density at radius 3 is 2.48 bits per heavy atom. The zero-order chi connectivity index (χ0) is 21.6. The van der Waals surface area contributed by atoms with Gasteiger partial charge in [-0.3, -0.25) is 0 Å². The lowest BCUT2D eigenvalue weighted by atomic mass is 9.92. The molecule has 0 aromatic heterocycles. The molecule has 1 aliphatic heterocycles. The Kier molecular flexibility index (Phi) is 7.90. The molecule has 162 valence electrons. The van der Waals surface area contributed by atoms with Gasteiger partial charge in [0.2, 0.25) is 0 Å². The number of nitrogens with one attached hydrogen (secondary N) is 1. The predicted octanol–water partition coefficient (Wildman–Crippen LogP) is 3.56. The molecule has 0 radical (unpaired) electrons. The average Bonchev–Trinajstić information content (AvgIpc) is 2.66. The maximum Gasteiger partial charge on any atom is 0.408 e. The number of nitrogens with zero attached hydrogens (tertiary/aromatic N) is 1. The Hall–Kier alpha value is -2.28. The minimum atomic E-state index is -1.08. The Labute approximate surface area is 173 Å². The number of hydrogen-bond donors (Lipinski definition) is 2. The van der Waals surface area contributed by atoms with E-state index in [9.17, 15) is 14.7 Å². The van der Waals surface area contributed by atoms with Crippen LogP contribution in [0.25, 0.3) is 0 Å². The number of benzene rings is 1. The number of amides is 1. The number of alkyl carbamates (subject to hydrolysis) is 1. The third-order valence-electron chi connectivity index (χ3n) is 5.02. The molecule has 1 aromatic carbocycles. The van der Waals surface area contributed by atoms with E-state index in [1.54, 1.807) is 20.8 Å². The minimum absolute atomic E-state index is 0.196. The van der Waals surface area contributed by atoms with E-state index in [1.807, 2.05) is 6.07 Å². The maximum atomic E-state index is 12.0. The van der Waals surface area contributed by atoms with Gasteiger partial charge >= 0.3 is 12.1 Å². The number of carboxylic acids is 1. The van der Waals surface area contributed by atoms with Crippen molar-refractivity contribution in [1.29, 1.82) is 0 Å². The topological polar surface area (TPSA) is 88.1 Å². The predicted molar refractivity (Wildman–Crippen MR) is 113 cm³/mol. The number of carbonyl (C=O) groups excluding carboxylic acids is 1. The second-order valence-electron chi connectivity index (χ2n) is 8.54. The molecule has 2 atom stereocenters. The molecule has 1 amide bonds. The zero-order valence-corrected chi connectivity index (χ0v) is 18.2. The van der Waals surface area contributed by atoms with Crippen molar-refractivity contribution in [2.75, 3.05) is 31.2 Å². The highest BCUT2D eigenvalue weighted by Gasteiger charge is 2.25. The van der Waals surface area contributed by atoms with Crippen LogP contribution in [0.1, 0.15) is 58.1 Å². The van der Waals surface area contributed by atoms with E-state index >= 15 is 0 Å². The third-order valence-corrected chi connectivity index (χ3v) is 5.02. The third kappa shape index (κ3) is 6.92. The van der Waals surface area contributed by atoms with E-state index < -0.39 is 23.7 Å². The summed E-state index contributed by atoms with van der Waals surface area (Å²) in [5, 5.41) is 12.0. The SMILES string of the molecule is CCC(C)c1cc(CC(NC(=O)OC(C)(C)C)C(=O)O)ccc1N1CCOCC1. The summed E-state index contributed by atoms with van der Waals surface area (Å²) in [4.78, 5) is 26.1. The van der Waals surface area contributed by atoms with E-state index in [1.165, 1.54) is 11.3 Å². The molecule has 1 aliphatic rings. The van der Waals surface area contributed by atoms with Crippen molar-refractivity contribution in [2.45, 2.75) is 65.0 Å². The first kappa shape index (κ1) is 23.0. The first-order chi connectivity index (χ1) is 13.6. The fourth-order valence-electron chi connectivity index (χ4n) is 3.32. The number of hydrogen-bond acceptors (Lipinski definition) is 5. The van der Waals surface area contributed by atoms with Crippen LogP contribution in [-0.2, 0) is 20.7 Å². The molecular formula is C22H34N2O5. The molecule has 0 saturated carbocycles. The molecule has 2 unspecified atom stereocenters. The maximum absolute atomic E-state index is 12.0. The second-order valence-corrected chi connectivity index (χ2v) is 8.54. The first-order valence-corrected chi connectivity index (χ1v) is 10.3. The van der Waals surface area contributed by atoms with Crippen molar-refractivity contribution >= 4 is 17.7 Å². The average molecular weight is 407 g/mol. The van der Waals surface area contributed by atoms with Gasteiger partial charge in [0.05, 0.1) is 13.2 Å². The van der Waals surface area contributed by atoms with Gasteiger partial charge in [-0.25, -0.2) is 9.59 Å². The van der Waals surface area contributed by atoms with Gasteiger partial charge < -0.3 is 24.8 Å². The Bertz CT molecular complexity index is 708. The molecule has 0 bridgehead atoms. The van der Waals surface area contributed by atoms with Crippen LogP contribution < -0.4 is 10.2 Å². The number of carboxylic acid groups (broad SMARTS) is 1. The fraction of sp³-hybridized carbons (Fsp3) is 0.636. The molecule has 1 fully saturated rings. The molecule has 0 spiro atoms. The summed E-state index contributed by atoms with van der Waals surface area (Å²) in [5.41, 5.74) is 2.57. The van der Waals surface area contributed by atoms with Gasteiger partial charge in [0.25, 0.3) is 0 Å². The molecule has 0 aliphatic carbocycles. The van der Waals surface area contributed by atoms with Crippen molar-refractivity contribution in [3.05, 3.63) is 29.3 Å². The van der Waals surface area contributed by atoms with E-state index in [0.717, 1.165) is 25.1 Å². The van der Waals surface area contributed by atoms with E-state index in [4.69, 9.17) is 9.47 Å². The zero-order valence-electron chi connectivity index (χ0n) is 18.2. The van der Waals surface area contributed by atoms with Crippen LogP contribution in [-0.4, -0.2) is 55.1 Å². The van der Waals surface area contributed by atoms with E-state index in [0.29, 0.717) is 19.1 Å². The number of ether oxygens (including phenoxy) is 2. The highest BCUT2D eigenvalue weighted by molar-refractivity contribution is 5.80. The van der Waals surface area contributed by atoms with Gasteiger partial charge in [0, 0.05) is 25.2 Å². The van der Waals surface area contributed by atoms with Gasteiger partial charge in [-0.05, 0) is 50.3 Å². The molecule has 1 aromatic rings. The minimum Gasteiger partial charge on any atom is -0.480 e. The summed E-state index contributed by atoms with van der Waals surface area (Å²) in [5.74, 6) is -0.743. The molecule has 1 saturated heterocycles. The molecule has 7 heteroatoms. The van der Waals surface area contributed by atoms with Crippen molar-refractivity contribution in [3.63, 3.8) is 0 Å². The normalized spacial score (nSPS) is 16.8. The van der Waals surface area contributed by atoms with E-state index in [-0.39, 0.29) is 6.42 Å². The standard InChI is InChI=1S/C22H34N2O5/c1-6-15(2)17-13-16(7-8-19(17)24-9-11-28-12-10-24)14-18(20(25)26)23-21(27)29-22(3,4)5/h7-8,13,15,18H,6,9-12,14H2,1-5H3,(H,23,27)(H,25,26). The highest BCUT2D eigenvalue weighted by Crippen LogP contribution is 2.31. The number of aliphatic carboxylic acids is 1. The summed E-state index contributed by atoms with van der Waals surface area (Å²) in [7, 11) is 0. The van der Waals surface area contributed by atoms with Crippen molar-refractivity contribution < 1.29 is 24.2 Å². The van der Waals surface area contributed by atoms with Crippen LogP contribution in [0, 0.1) is 0 Å². The fourth-order valence-corrected chi connectivity index (χ4v) is 3.32. The quantitative estimate of drug-likeness (QED) is 0.720. The lowest BCUT2D eigenvalue weighted by Gasteiger charge is -2.32. The lowest BCUT2D eigenvalue weighted by molar-refractivity contribution is -0.139. The molecule has 2 rings (SSSR count). The number of anilines is 1. The van der Waals surface area contributed by atoms with Gasteiger partial charge in [0.1, 0.15) is 11.6 Å². The Balaban J connectivity index is 2.21. The van der Waals surface area contributed by atoms with E-state index in [2.05, 4.69) is 36.2 Å². The summed E-state index contributed by atoms with van der Waals surface area (Å²) >= 11 is 0. The molecule has 7 nitrogen and oxygen atoms in total. The van der Waals surface area contributed by atoms with Gasteiger partial charge in [-0.1, -0.05) is 26.0 Å². The monoisotopic (exact) mass is 406 g/mol. The first-order valence-electron chi connectivity index (χ1n) is 10.3. The number of rotatable bonds is 7. The summed E-state index contributed by atoms with van der Waals surface area (Å²) in [6.45, 7) is 12.7. The summed E-state index contributed by atoms with van der Waals surface area (Å²) in [6.07, 6.45) is 0.456. The summed E-state index contributed by atoms with van der Waals surface area (Å²) in [6, 6.07) is 5.03. The number of carbonyl (C=O) groups is 2. The smallest absolute Gasteiger partial charge is 0.408 e. The van der Waals surface area contributed by atoms with Gasteiger partial charge in [0.15, 0.2) is 0 Å². The van der Waals surface area contributed by atoms with Gasteiger partial charge in [-0.15, -0.1) is 0 Å². The van der Waals surface area contributed by atoms with Crippen LogP contribution in [0.15, 0.2) is 18.2 Å². The number of morpholine rings is 1. The van der Waals surface area contributed by atoms with Crippen LogP contribution in [0.5, 0.6) is 0 Å².